The Kier molecular flexibility index (Phi) is 3.19. The molecule has 5 heteroatoms. The quantitative estimate of drug-likeness (QED) is 0.831. The Morgan fingerprint density at radius 1 is 1.35 bits per heavy atom. The maximum absolute atomic E-state index is 13.6. The Balaban J connectivity index is 2.53. The van der Waals surface area contributed by atoms with Crippen molar-refractivity contribution in [2.45, 2.75) is 6.92 Å². The van der Waals surface area contributed by atoms with E-state index in [0.717, 1.165) is 5.69 Å². The normalized spacial score (nSPS) is 10.3. The molecule has 0 bridgehead atoms. The first-order valence-corrected chi connectivity index (χ1v) is 5.43. The van der Waals surface area contributed by atoms with Crippen LogP contribution in [0.4, 0.5) is 4.39 Å². The molecule has 0 fully saturated rings. The number of aromatic amines is 1. The number of ether oxygens (including phenoxy) is 1. The van der Waals surface area contributed by atoms with Crippen LogP contribution < -0.4 is 4.74 Å². The average Bonchev–Trinajstić information content (AvgIpc) is 2.27. The van der Waals surface area contributed by atoms with E-state index in [1.807, 2.05) is 13.0 Å². The first-order chi connectivity index (χ1) is 8.10. The number of nitrogens with zero attached hydrogens (tertiary/aromatic N) is 1. The summed E-state index contributed by atoms with van der Waals surface area (Å²) in [6.07, 6.45) is 0. The zero-order chi connectivity index (χ0) is 12.4. The highest BCUT2D eigenvalue weighted by molar-refractivity contribution is 7.71. The third-order valence-corrected chi connectivity index (χ3v) is 2.52. The van der Waals surface area contributed by atoms with Crippen molar-refractivity contribution in [3.63, 3.8) is 0 Å². The lowest BCUT2D eigenvalue weighted by atomic mass is 10.1. The van der Waals surface area contributed by atoms with Crippen LogP contribution in [0.1, 0.15) is 5.69 Å². The van der Waals surface area contributed by atoms with Crippen LogP contribution in [0, 0.1) is 17.5 Å². The van der Waals surface area contributed by atoms with E-state index in [2.05, 4.69) is 9.97 Å². The molecule has 88 valence electrons. The Bertz CT molecular complexity index is 610. The van der Waals surface area contributed by atoms with Gasteiger partial charge in [0.25, 0.3) is 0 Å². The second-order valence-electron chi connectivity index (χ2n) is 3.60. The van der Waals surface area contributed by atoms with Crippen molar-refractivity contribution >= 4 is 12.2 Å². The molecule has 1 N–H and O–H groups in total. The molecule has 0 saturated heterocycles. The minimum absolute atomic E-state index is 0.214. The van der Waals surface area contributed by atoms with Crippen molar-refractivity contribution in [3.8, 4) is 17.0 Å². The molecule has 0 aliphatic heterocycles. The highest BCUT2D eigenvalue weighted by atomic mass is 32.1. The van der Waals surface area contributed by atoms with E-state index >= 15 is 0 Å². The molecule has 0 unspecified atom stereocenters. The number of halogens is 1. The van der Waals surface area contributed by atoms with Crippen LogP contribution >= 0.6 is 12.2 Å². The molecule has 2 rings (SSSR count). The molecule has 0 radical (unpaired) electrons. The minimum atomic E-state index is -0.414. The number of aromatic nitrogens is 2. The second-order valence-corrected chi connectivity index (χ2v) is 3.99. The van der Waals surface area contributed by atoms with Gasteiger partial charge in [-0.1, -0.05) is 0 Å². The molecule has 2 aromatic rings. The van der Waals surface area contributed by atoms with Crippen LogP contribution in [0.3, 0.4) is 0 Å². The fourth-order valence-corrected chi connectivity index (χ4v) is 1.81. The average molecular weight is 250 g/mol. The summed E-state index contributed by atoms with van der Waals surface area (Å²) in [6, 6.07) is 6.52. The molecular formula is C12H11FN2OS. The van der Waals surface area contributed by atoms with E-state index in [0.29, 0.717) is 16.0 Å². The fraction of sp³-hybridized carbons (Fsp3) is 0.167. The number of nitrogens with one attached hydrogen (secondary N) is 1. The van der Waals surface area contributed by atoms with Crippen molar-refractivity contribution in [2.75, 3.05) is 7.11 Å². The van der Waals surface area contributed by atoms with E-state index < -0.39 is 5.82 Å². The van der Waals surface area contributed by atoms with Crippen LogP contribution in [0.5, 0.6) is 5.75 Å². The summed E-state index contributed by atoms with van der Waals surface area (Å²) in [6.45, 7) is 1.88. The van der Waals surface area contributed by atoms with Crippen molar-refractivity contribution in [1.29, 1.82) is 0 Å². The van der Waals surface area contributed by atoms with Gasteiger partial charge in [-0.05, 0) is 43.4 Å². The molecule has 1 aromatic carbocycles. The van der Waals surface area contributed by atoms with Crippen LogP contribution in [-0.2, 0) is 0 Å². The maximum atomic E-state index is 13.6. The van der Waals surface area contributed by atoms with Crippen molar-refractivity contribution in [1.82, 2.24) is 9.97 Å². The van der Waals surface area contributed by atoms with E-state index in [4.69, 9.17) is 17.0 Å². The van der Waals surface area contributed by atoms with Crippen LogP contribution in [-0.4, -0.2) is 17.1 Å². The fourth-order valence-electron chi connectivity index (χ4n) is 1.55. The number of aryl methyl sites for hydroxylation is 1. The van der Waals surface area contributed by atoms with E-state index in [1.165, 1.54) is 13.2 Å². The summed E-state index contributed by atoms with van der Waals surface area (Å²) in [5.74, 6) is -0.199. The van der Waals surface area contributed by atoms with Gasteiger partial charge in [0, 0.05) is 11.3 Å². The number of hydrogen-bond donors (Lipinski definition) is 1. The summed E-state index contributed by atoms with van der Waals surface area (Å²) in [4.78, 5) is 7.06. The predicted molar refractivity (Wildman–Crippen MR) is 66.1 cm³/mol. The third-order valence-electron chi connectivity index (χ3n) is 2.33. The predicted octanol–water partition coefficient (Wildman–Crippen LogP) is 3.26. The first-order valence-electron chi connectivity index (χ1n) is 5.02. The van der Waals surface area contributed by atoms with Crippen molar-refractivity contribution < 1.29 is 9.13 Å². The summed E-state index contributed by atoms with van der Waals surface area (Å²) in [5.41, 5.74) is 2.20. The smallest absolute Gasteiger partial charge is 0.197 e. The van der Waals surface area contributed by atoms with Gasteiger partial charge in [-0.15, -0.1) is 0 Å². The topological polar surface area (TPSA) is 37.9 Å². The van der Waals surface area contributed by atoms with Crippen molar-refractivity contribution in [3.05, 3.63) is 40.5 Å². The molecule has 3 nitrogen and oxygen atoms in total. The number of methoxy groups -OCH3 is 1. The standard InChI is InChI=1S/C12H11FN2OS/c1-7-5-10(15-12(17)14-7)8-3-4-11(16-2)9(13)6-8/h3-6H,1-2H3,(H,14,15,17). The third kappa shape index (κ3) is 2.50. The summed E-state index contributed by atoms with van der Waals surface area (Å²) in [5, 5.41) is 0. The summed E-state index contributed by atoms with van der Waals surface area (Å²) >= 11 is 4.98. The highest BCUT2D eigenvalue weighted by Crippen LogP contribution is 2.24. The van der Waals surface area contributed by atoms with Crippen LogP contribution in [0.25, 0.3) is 11.3 Å². The molecule has 0 saturated carbocycles. The second kappa shape index (κ2) is 4.63. The highest BCUT2D eigenvalue weighted by Gasteiger charge is 2.06. The number of H-pyrrole nitrogens is 1. The van der Waals surface area contributed by atoms with Crippen LogP contribution in [0.15, 0.2) is 24.3 Å². The molecule has 0 atom stereocenters. The zero-order valence-corrected chi connectivity index (χ0v) is 10.3. The SMILES string of the molecule is COc1ccc(-c2cc(C)[nH]c(=S)n2)cc1F. The Hall–Kier alpha value is -1.75. The molecular weight excluding hydrogens is 239 g/mol. The van der Waals surface area contributed by atoms with E-state index in [1.54, 1.807) is 12.1 Å². The first kappa shape index (κ1) is 11.7. The summed E-state index contributed by atoms with van der Waals surface area (Å²) in [7, 11) is 1.43. The van der Waals surface area contributed by atoms with Gasteiger partial charge in [-0.25, -0.2) is 9.37 Å². The van der Waals surface area contributed by atoms with Gasteiger partial charge in [0.15, 0.2) is 16.3 Å². The number of rotatable bonds is 2. The maximum Gasteiger partial charge on any atom is 0.197 e. The molecule has 0 aliphatic carbocycles. The monoisotopic (exact) mass is 250 g/mol. The van der Waals surface area contributed by atoms with Gasteiger partial charge >= 0.3 is 0 Å². The number of hydrogen-bond acceptors (Lipinski definition) is 3. The van der Waals surface area contributed by atoms with Gasteiger partial charge in [0.05, 0.1) is 12.8 Å². The van der Waals surface area contributed by atoms with E-state index in [9.17, 15) is 4.39 Å². The van der Waals surface area contributed by atoms with Gasteiger partial charge < -0.3 is 9.72 Å². The largest absolute Gasteiger partial charge is 0.494 e. The molecule has 1 heterocycles. The van der Waals surface area contributed by atoms with E-state index in [-0.39, 0.29) is 5.75 Å². The van der Waals surface area contributed by atoms with Gasteiger partial charge in [0.2, 0.25) is 0 Å². The Morgan fingerprint density at radius 2 is 2.12 bits per heavy atom. The zero-order valence-electron chi connectivity index (χ0n) is 9.45. The molecule has 0 aliphatic rings. The van der Waals surface area contributed by atoms with Crippen LogP contribution in [0.2, 0.25) is 0 Å². The lowest BCUT2D eigenvalue weighted by Gasteiger charge is -2.05. The lowest BCUT2D eigenvalue weighted by molar-refractivity contribution is 0.386. The van der Waals surface area contributed by atoms with Gasteiger partial charge in [-0.2, -0.15) is 0 Å². The Morgan fingerprint density at radius 3 is 2.71 bits per heavy atom. The van der Waals surface area contributed by atoms with Crippen molar-refractivity contribution in [2.24, 2.45) is 0 Å². The molecule has 1 aromatic heterocycles. The minimum Gasteiger partial charge on any atom is -0.494 e. The summed E-state index contributed by atoms with van der Waals surface area (Å²) < 4.78 is 18.8. The van der Waals surface area contributed by atoms with Gasteiger partial charge in [-0.3, -0.25) is 0 Å². The van der Waals surface area contributed by atoms with Gasteiger partial charge in [0.1, 0.15) is 0 Å². The molecule has 17 heavy (non-hydrogen) atoms. The lowest BCUT2D eigenvalue weighted by Crippen LogP contribution is -1.92. The molecule has 0 spiro atoms. The number of benzene rings is 1. The Labute approximate surface area is 103 Å². The molecule has 0 amide bonds.